The molecule has 1 fully saturated rings. The van der Waals surface area contributed by atoms with E-state index in [-0.39, 0.29) is 30.3 Å². The maximum absolute atomic E-state index is 12.2. The molecule has 0 saturated heterocycles. The fourth-order valence-electron chi connectivity index (χ4n) is 2.17. The van der Waals surface area contributed by atoms with Gasteiger partial charge in [0.1, 0.15) is 5.69 Å². The molecule has 1 heterocycles. The van der Waals surface area contributed by atoms with Gasteiger partial charge in [-0.3, -0.25) is 14.9 Å². The van der Waals surface area contributed by atoms with Gasteiger partial charge < -0.3 is 15.0 Å². The first kappa shape index (κ1) is 14.5. The van der Waals surface area contributed by atoms with Crippen LogP contribution in [0.15, 0.2) is 12.3 Å². The number of hydrogen-bond acceptors (Lipinski definition) is 4. The Kier molecular flexibility index (Phi) is 4.39. The molecule has 1 saturated carbocycles. The summed E-state index contributed by atoms with van der Waals surface area (Å²) in [5.41, 5.74) is 0.292. The minimum absolute atomic E-state index is 0.0509. The largest absolute Gasteiger partial charge is 0.396 e. The zero-order valence-corrected chi connectivity index (χ0v) is 11.4. The maximum Gasteiger partial charge on any atom is 0.287 e. The summed E-state index contributed by atoms with van der Waals surface area (Å²) in [5, 5.41) is 22.4. The number of carbonyl (C=O) groups excluding carboxylic acids is 1. The topological polar surface area (TPSA) is 97.4 Å². The molecule has 7 heteroatoms. The van der Waals surface area contributed by atoms with E-state index in [1.165, 1.54) is 12.3 Å². The molecule has 110 valence electrons. The standard InChI is InChI=1S/C13H19N3O4/c1-9(3-2-6-17)14-13(18)12-7-11(16(19)20)8-15(12)10-4-5-10/h7-10,17H,2-6H2,1H3,(H,14,18). The number of carbonyl (C=O) groups is 1. The summed E-state index contributed by atoms with van der Waals surface area (Å²) in [6.07, 6.45) is 4.63. The Morgan fingerprint density at radius 1 is 1.65 bits per heavy atom. The first-order valence-corrected chi connectivity index (χ1v) is 6.81. The summed E-state index contributed by atoms with van der Waals surface area (Å²) < 4.78 is 1.70. The van der Waals surface area contributed by atoms with Gasteiger partial charge in [0.15, 0.2) is 0 Å². The lowest BCUT2D eigenvalue weighted by molar-refractivity contribution is -0.384. The number of amides is 1. The van der Waals surface area contributed by atoms with E-state index in [1.54, 1.807) is 4.57 Å². The number of aliphatic hydroxyl groups excluding tert-OH is 1. The highest BCUT2D eigenvalue weighted by Crippen LogP contribution is 2.37. The number of hydrogen-bond donors (Lipinski definition) is 2. The van der Waals surface area contributed by atoms with E-state index >= 15 is 0 Å². The molecule has 2 N–H and O–H groups in total. The van der Waals surface area contributed by atoms with Gasteiger partial charge in [0.05, 0.1) is 11.1 Å². The Morgan fingerprint density at radius 2 is 2.35 bits per heavy atom. The van der Waals surface area contributed by atoms with Crippen molar-refractivity contribution in [1.82, 2.24) is 9.88 Å². The molecule has 0 bridgehead atoms. The summed E-state index contributed by atoms with van der Waals surface area (Å²) in [4.78, 5) is 22.5. The highest BCUT2D eigenvalue weighted by molar-refractivity contribution is 5.93. The summed E-state index contributed by atoms with van der Waals surface area (Å²) in [7, 11) is 0. The molecule has 1 aromatic heterocycles. The summed E-state index contributed by atoms with van der Waals surface area (Å²) in [5.74, 6) is -0.296. The zero-order valence-electron chi connectivity index (χ0n) is 11.4. The fraction of sp³-hybridized carbons (Fsp3) is 0.615. The number of nitrogens with one attached hydrogen (secondary N) is 1. The van der Waals surface area contributed by atoms with E-state index in [9.17, 15) is 14.9 Å². The highest BCUT2D eigenvalue weighted by Gasteiger charge is 2.30. The average molecular weight is 281 g/mol. The second-order valence-electron chi connectivity index (χ2n) is 5.22. The molecule has 0 radical (unpaired) electrons. The normalized spacial score (nSPS) is 15.9. The highest BCUT2D eigenvalue weighted by atomic mass is 16.6. The van der Waals surface area contributed by atoms with Gasteiger partial charge in [0.2, 0.25) is 0 Å². The van der Waals surface area contributed by atoms with E-state index in [4.69, 9.17) is 5.11 Å². The van der Waals surface area contributed by atoms with Gasteiger partial charge in [-0.15, -0.1) is 0 Å². The van der Waals surface area contributed by atoms with E-state index < -0.39 is 4.92 Å². The summed E-state index contributed by atoms with van der Waals surface area (Å²) in [6.45, 7) is 1.94. The lowest BCUT2D eigenvalue weighted by Crippen LogP contribution is -2.33. The van der Waals surface area contributed by atoms with Crippen molar-refractivity contribution in [2.45, 2.75) is 44.7 Å². The Morgan fingerprint density at radius 3 is 2.90 bits per heavy atom. The number of aromatic nitrogens is 1. The van der Waals surface area contributed by atoms with Crippen LogP contribution in [0.5, 0.6) is 0 Å². The van der Waals surface area contributed by atoms with Crippen molar-refractivity contribution in [3.05, 3.63) is 28.1 Å². The lowest BCUT2D eigenvalue weighted by atomic mass is 10.2. The minimum atomic E-state index is -0.481. The van der Waals surface area contributed by atoms with E-state index in [1.807, 2.05) is 6.92 Å². The smallest absolute Gasteiger partial charge is 0.287 e. The average Bonchev–Trinajstić information content (AvgIpc) is 3.14. The second kappa shape index (κ2) is 6.04. The predicted molar refractivity (Wildman–Crippen MR) is 72.6 cm³/mol. The lowest BCUT2D eigenvalue weighted by Gasteiger charge is -2.14. The first-order chi connectivity index (χ1) is 9.52. The molecule has 1 aliphatic rings. The van der Waals surface area contributed by atoms with Gasteiger partial charge in [-0.05, 0) is 32.6 Å². The zero-order chi connectivity index (χ0) is 14.7. The summed E-state index contributed by atoms with van der Waals surface area (Å²) in [6, 6.07) is 1.46. The molecule has 7 nitrogen and oxygen atoms in total. The third-order valence-electron chi connectivity index (χ3n) is 3.39. The van der Waals surface area contributed by atoms with E-state index in [0.29, 0.717) is 18.5 Å². The van der Waals surface area contributed by atoms with Crippen LogP contribution < -0.4 is 5.32 Å². The number of rotatable bonds is 7. The third kappa shape index (κ3) is 3.36. The molecule has 1 amide bonds. The Labute approximate surface area is 116 Å². The Hall–Kier alpha value is -1.89. The maximum atomic E-state index is 12.2. The fourth-order valence-corrected chi connectivity index (χ4v) is 2.17. The number of nitro groups is 1. The van der Waals surface area contributed by atoms with Crippen LogP contribution in [0.3, 0.4) is 0 Å². The number of nitrogens with zero attached hydrogens (tertiary/aromatic N) is 2. The van der Waals surface area contributed by atoms with Crippen molar-refractivity contribution < 1.29 is 14.8 Å². The molecule has 2 rings (SSSR count). The van der Waals surface area contributed by atoms with Crippen LogP contribution in [0.1, 0.15) is 49.1 Å². The Balaban J connectivity index is 2.10. The SMILES string of the molecule is CC(CCCO)NC(=O)c1cc([N+](=O)[O-])cn1C1CC1. The number of aliphatic hydroxyl groups is 1. The van der Waals surface area contributed by atoms with Gasteiger partial charge in [0, 0.05) is 24.8 Å². The molecule has 0 aliphatic heterocycles. The molecule has 1 atom stereocenters. The summed E-state index contributed by atoms with van der Waals surface area (Å²) >= 11 is 0. The van der Waals surface area contributed by atoms with Crippen molar-refractivity contribution in [2.75, 3.05) is 6.61 Å². The van der Waals surface area contributed by atoms with Gasteiger partial charge in [-0.1, -0.05) is 0 Å². The van der Waals surface area contributed by atoms with Crippen LogP contribution in [-0.4, -0.2) is 33.2 Å². The molecule has 1 aromatic rings. The minimum Gasteiger partial charge on any atom is -0.396 e. The predicted octanol–water partition coefficient (Wildman–Crippen LogP) is 1.62. The molecular formula is C13H19N3O4. The van der Waals surface area contributed by atoms with Crippen molar-refractivity contribution in [2.24, 2.45) is 0 Å². The van der Waals surface area contributed by atoms with Crippen LogP contribution in [0, 0.1) is 10.1 Å². The van der Waals surface area contributed by atoms with Gasteiger partial charge in [0.25, 0.3) is 11.6 Å². The van der Waals surface area contributed by atoms with Gasteiger partial charge >= 0.3 is 0 Å². The molecule has 0 spiro atoms. The quantitative estimate of drug-likeness (QED) is 0.586. The first-order valence-electron chi connectivity index (χ1n) is 6.81. The van der Waals surface area contributed by atoms with Crippen molar-refractivity contribution >= 4 is 11.6 Å². The van der Waals surface area contributed by atoms with Crippen molar-refractivity contribution in [3.8, 4) is 0 Å². The molecule has 1 aliphatic carbocycles. The molecule has 0 aromatic carbocycles. The van der Waals surface area contributed by atoms with Gasteiger partial charge in [-0.25, -0.2) is 0 Å². The monoisotopic (exact) mass is 281 g/mol. The van der Waals surface area contributed by atoms with Crippen LogP contribution in [-0.2, 0) is 0 Å². The van der Waals surface area contributed by atoms with Crippen LogP contribution in [0.25, 0.3) is 0 Å². The van der Waals surface area contributed by atoms with E-state index in [0.717, 1.165) is 12.8 Å². The van der Waals surface area contributed by atoms with Crippen molar-refractivity contribution in [1.29, 1.82) is 0 Å². The molecule has 1 unspecified atom stereocenters. The van der Waals surface area contributed by atoms with Crippen LogP contribution in [0.4, 0.5) is 5.69 Å². The third-order valence-corrected chi connectivity index (χ3v) is 3.39. The van der Waals surface area contributed by atoms with E-state index in [2.05, 4.69) is 5.32 Å². The van der Waals surface area contributed by atoms with Crippen LogP contribution >= 0.6 is 0 Å². The molecular weight excluding hydrogens is 262 g/mol. The molecule has 20 heavy (non-hydrogen) atoms. The second-order valence-corrected chi connectivity index (χ2v) is 5.22. The van der Waals surface area contributed by atoms with Crippen LogP contribution in [0.2, 0.25) is 0 Å². The van der Waals surface area contributed by atoms with Crippen molar-refractivity contribution in [3.63, 3.8) is 0 Å². The van der Waals surface area contributed by atoms with Gasteiger partial charge in [-0.2, -0.15) is 0 Å². The Bertz CT molecular complexity index is 508.